The third kappa shape index (κ3) is 5.31. The van der Waals surface area contributed by atoms with Gasteiger partial charge >= 0.3 is 0 Å². The number of anilines is 1. The smallest absolute Gasteiger partial charge is 0.241 e. The largest absolute Gasteiger partial charge is 0.496 e. The van der Waals surface area contributed by atoms with E-state index in [9.17, 15) is 9.18 Å². The number of rotatable bonds is 6. The van der Waals surface area contributed by atoms with Crippen LogP contribution >= 0.6 is 0 Å². The number of methoxy groups -OCH3 is 1. The van der Waals surface area contributed by atoms with Crippen LogP contribution in [-0.4, -0.2) is 55.0 Å². The van der Waals surface area contributed by atoms with Crippen molar-refractivity contribution in [3.8, 4) is 11.8 Å². The molecule has 0 radical (unpaired) electrons. The molecular formula is C22H25FN4O2. The van der Waals surface area contributed by atoms with E-state index in [0.29, 0.717) is 23.5 Å². The molecular weight excluding hydrogens is 371 g/mol. The van der Waals surface area contributed by atoms with E-state index in [1.54, 1.807) is 37.4 Å². The van der Waals surface area contributed by atoms with Crippen molar-refractivity contribution in [1.82, 2.24) is 9.80 Å². The minimum absolute atomic E-state index is 0.0741. The van der Waals surface area contributed by atoms with Gasteiger partial charge in [-0.1, -0.05) is 0 Å². The number of nitriles is 1. The van der Waals surface area contributed by atoms with Gasteiger partial charge in [-0.3, -0.25) is 14.6 Å². The Kier molecular flexibility index (Phi) is 6.81. The van der Waals surface area contributed by atoms with Crippen molar-refractivity contribution in [2.24, 2.45) is 0 Å². The van der Waals surface area contributed by atoms with Gasteiger partial charge in [0.1, 0.15) is 11.6 Å². The van der Waals surface area contributed by atoms with E-state index in [-0.39, 0.29) is 17.8 Å². The van der Waals surface area contributed by atoms with Crippen LogP contribution in [0.2, 0.25) is 0 Å². The van der Waals surface area contributed by atoms with Gasteiger partial charge in [-0.2, -0.15) is 5.26 Å². The number of carbonyl (C=O) groups excluding carboxylic acids is 1. The Morgan fingerprint density at radius 2 is 1.90 bits per heavy atom. The second-order valence-electron chi connectivity index (χ2n) is 7.12. The maximum Gasteiger partial charge on any atom is 0.241 e. The molecule has 1 aliphatic heterocycles. The van der Waals surface area contributed by atoms with Crippen molar-refractivity contribution in [3.05, 3.63) is 59.4 Å². The fourth-order valence-electron chi connectivity index (χ4n) is 3.46. The predicted octanol–water partition coefficient (Wildman–Crippen LogP) is 2.85. The number of hydrogen-bond donors (Lipinski definition) is 1. The molecule has 7 heteroatoms. The normalized spacial score (nSPS) is 16.1. The maximum absolute atomic E-state index is 13.6. The summed E-state index contributed by atoms with van der Waals surface area (Å²) in [6.07, 6.45) is 0. The number of nitrogens with zero attached hydrogens (tertiary/aromatic N) is 3. The number of amides is 1. The first kappa shape index (κ1) is 20.8. The van der Waals surface area contributed by atoms with Crippen LogP contribution < -0.4 is 10.1 Å². The van der Waals surface area contributed by atoms with Gasteiger partial charge in [-0.15, -0.1) is 0 Å². The third-order valence-corrected chi connectivity index (χ3v) is 5.25. The van der Waals surface area contributed by atoms with Crippen LogP contribution in [0.1, 0.15) is 18.1 Å². The first-order chi connectivity index (χ1) is 14.0. The molecule has 0 spiro atoms. The fraction of sp³-hybridized carbons (Fsp3) is 0.364. The summed E-state index contributed by atoms with van der Waals surface area (Å²) >= 11 is 0. The lowest BCUT2D eigenvalue weighted by atomic mass is 10.1. The Balaban J connectivity index is 1.52. The van der Waals surface area contributed by atoms with Gasteiger partial charge in [-0.05, 0) is 49.4 Å². The summed E-state index contributed by atoms with van der Waals surface area (Å²) in [5.41, 5.74) is 2.06. The van der Waals surface area contributed by atoms with Gasteiger partial charge in [0.25, 0.3) is 0 Å². The van der Waals surface area contributed by atoms with E-state index in [1.165, 1.54) is 12.1 Å². The van der Waals surface area contributed by atoms with Crippen LogP contribution in [0.15, 0.2) is 42.5 Å². The second-order valence-corrected chi connectivity index (χ2v) is 7.12. The molecule has 1 aliphatic rings. The molecule has 152 valence electrons. The standard InChI is InChI=1S/C22H25FN4O2/c1-16(22(28)25-20-6-3-17(14-24)4-7-20)27-11-9-26(10-12-27)15-18-13-19(23)5-8-21(18)29-2/h3-8,13,16H,9-12,15H2,1-2H3,(H,25,28)/t16-/m0/s1. The molecule has 1 N–H and O–H groups in total. The molecule has 2 aromatic carbocycles. The van der Waals surface area contributed by atoms with Crippen molar-refractivity contribution in [2.45, 2.75) is 19.5 Å². The average Bonchev–Trinajstić information content (AvgIpc) is 2.74. The molecule has 0 aliphatic carbocycles. The summed E-state index contributed by atoms with van der Waals surface area (Å²) in [7, 11) is 1.59. The topological polar surface area (TPSA) is 68.6 Å². The minimum atomic E-state index is -0.271. The number of benzene rings is 2. The summed E-state index contributed by atoms with van der Waals surface area (Å²) in [5, 5.41) is 11.8. The van der Waals surface area contributed by atoms with Crippen molar-refractivity contribution in [1.29, 1.82) is 5.26 Å². The Morgan fingerprint density at radius 1 is 1.21 bits per heavy atom. The van der Waals surface area contributed by atoms with Gasteiger partial charge in [0.2, 0.25) is 5.91 Å². The van der Waals surface area contributed by atoms with Crippen molar-refractivity contribution >= 4 is 11.6 Å². The molecule has 0 aromatic heterocycles. The number of hydrogen-bond acceptors (Lipinski definition) is 5. The molecule has 1 heterocycles. The van der Waals surface area contributed by atoms with E-state index in [4.69, 9.17) is 10.00 Å². The van der Waals surface area contributed by atoms with Crippen LogP contribution in [0.4, 0.5) is 10.1 Å². The Labute approximate surface area is 170 Å². The zero-order valence-corrected chi connectivity index (χ0v) is 16.7. The number of ether oxygens (including phenoxy) is 1. The number of piperazine rings is 1. The maximum atomic E-state index is 13.6. The molecule has 29 heavy (non-hydrogen) atoms. The lowest BCUT2D eigenvalue weighted by molar-refractivity contribution is -0.121. The summed E-state index contributed by atoms with van der Waals surface area (Å²) in [6, 6.07) is 13.2. The molecule has 2 aromatic rings. The van der Waals surface area contributed by atoms with Gasteiger partial charge in [0.15, 0.2) is 0 Å². The summed E-state index contributed by atoms with van der Waals surface area (Å²) in [4.78, 5) is 16.9. The lowest BCUT2D eigenvalue weighted by Gasteiger charge is -2.37. The molecule has 0 bridgehead atoms. The summed E-state index contributed by atoms with van der Waals surface area (Å²) in [5.74, 6) is 0.339. The number of nitrogens with one attached hydrogen (secondary N) is 1. The highest BCUT2D eigenvalue weighted by atomic mass is 19.1. The fourth-order valence-corrected chi connectivity index (χ4v) is 3.46. The van der Waals surface area contributed by atoms with Crippen LogP contribution in [0.25, 0.3) is 0 Å². The highest BCUT2D eigenvalue weighted by Crippen LogP contribution is 2.22. The van der Waals surface area contributed by atoms with Crippen molar-refractivity contribution in [3.63, 3.8) is 0 Å². The quantitative estimate of drug-likeness (QED) is 0.813. The van der Waals surface area contributed by atoms with E-state index < -0.39 is 0 Å². The Bertz CT molecular complexity index is 887. The molecule has 0 unspecified atom stereocenters. The van der Waals surface area contributed by atoms with E-state index >= 15 is 0 Å². The van der Waals surface area contributed by atoms with Crippen LogP contribution in [0.5, 0.6) is 5.75 Å². The first-order valence-corrected chi connectivity index (χ1v) is 9.60. The number of carbonyl (C=O) groups is 1. The van der Waals surface area contributed by atoms with Gasteiger partial charge in [0.05, 0.1) is 24.8 Å². The van der Waals surface area contributed by atoms with E-state index in [2.05, 4.69) is 21.2 Å². The molecule has 3 rings (SSSR count). The van der Waals surface area contributed by atoms with Gasteiger partial charge in [-0.25, -0.2) is 4.39 Å². The Morgan fingerprint density at radius 3 is 2.52 bits per heavy atom. The molecule has 1 saturated heterocycles. The van der Waals surface area contributed by atoms with Crippen molar-refractivity contribution in [2.75, 3.05) is 38.6 Å². The molecule has 1 amide bonds. The molecule has 6 nitrogen and oxygen atoms in total. The van der Waals surface area contributed by atoms with E-state index in [0.717, 1.165) is 31.7 Å². The van der Waals surface area contributed by atoms with Crippen LogP contribution in [0.3, 0.4) is 0 Å². The zero-order valence-electron chi connectivity index (χ0n) is 16.7. The monoisotopic (exact) mass is 396 g/mol. The third-order valence-electron chi connectivity index (χ3n) is 5.25. The van der Waals surface area contributed by atoms with E-state index in [1.807, 2.05) is 6.92 Å². The molecule has 0 saturated carbocycles. The highest BCUT2D eigenvalue weighted by Gasteiger charge is 2.26. The highest BCUT2D eigenvalue weighted by molar-refractivity contribution is 5.94. The first-order valence-electron chi connectivity index (χ1n) is 9.60. The van der Waals surface area contributed by atoms with Crippen molar-refractivity contribution < 1.29 is 13.9 Å². The SMILES string of the molecule is COc1ccc(F)cc1CN1CCN([C@@H](C)C(=O)Nc2ccc(C#N)cc2)CC1. The minimum Gasteiger partial charge on any atom is -0.496 e. The van der Waals surface area contributed by atoms with Gasteiger partial charge < -0.3 is 10.1 Å². The second kappa shape index (κ2) is 9.50. The summed E-state index contributed by atoms with van der Waals surface area (Å²) in [6.45, 7) is 5.58. The Hall–Kier alpha value is -2.95. The van der Waals surface area contributed by atoms with Gasteiger partial charge in [0, 0.05) is 44.0 Å². The molecule has 1 atom stereocenters. The van der Waals surface area contributed by atoms with Crippen LogP contribution in [0, 0.1) is 17.1 Å². The predicted molar refractivity (Wildman–Crippen MR) is 109 cm³/mol. The number of halogens is 1. The lowest BCUT2D eigenvalue weighted by Crippen LogP contribution is -2.52. The summed E-state index contributed by atoms with van der Waals surface area (Å²) < 4.78 is 18.9. The van der Waals surface area contributed by atoms with Crippen LogP contribution in [-0.2, 0) is 11.3 Å². The average molecular weight is 396 g/mol. The zero-order chi connectivity index (χ0) is 20.8. The molecule has 1 fully saturated rings.